The maximum absolute atomic E-state index is 12.0. The summed E-state index contributed by atoms with van der Waals surface area (Å²) in [6, 6.07) is 7.14. The van der Waals surface area contributed by atoms with Crippen molar-refractivity contribution in [3.8, 4) is 0 Å². The second-order valence-corrected chi connectivity index (χ2v) is 5.14. The molecule has 1 aliphatic carbocycles. The summed E-state index contributed by atoms with van der Waals surface area (Å²) in [6.45, 7) is 4.64. The third-order valence-corrected chi connectivity index (χ3v) is 3.45. The largest absolute Gasteiger partial charge is 0.296 e. The Labute approximate surface area is 108 Å². The van der Waals surface area contributed by atoms with Gasteiger partial charge in [-0.15, -0.1) is 0 Å². The SMILES string of the molecule is CCN(CC(=O)c1ccc(Cl)cc1)CC1CC1. The Morgan fingerprint density at radius 1 is 1.35 bits per heavy atom. The topological polar surface area (TPSA) is 20.3 Å². The van der Waals surface area contributed by atoms with Crippen molar-refractivity contribution in [2.24, 2.45) is 5.92 Å². The molecule has 0 unspecified atom stereocenters. The summed E-state index contributed by atoms with van der Waals surface area (Å²) in [5.74, 6) is 1.01. The molecular weight excluding hydrogens is 234 g/mol. The number of benzene rings is 1. The lowest BCUT2D eigenvalue weighted by Gasteiger charge is -2.19. The summed E-state index contributed by atoms with van der Waals surface area (Å²) in [5.41, 5.74) is 0.753. The molecule has 1 aromatic rings. The molecule has 1 saturated carbocycles. The molecule has 3 heteroatoms. The van der Waals surface area contributed by atoms with Crippen molar-refractivity contribution < 1.29 is 4.79 Å². The van der Waals surface area contributed by atoms with E-state index in [1.807, 2.05) is 0 Å². The van der Waals surface area contributed by atoms with E-state index in [4.69, 9.17) is 11.6 Å². The van der Waals surface area contributed by atoms with Gasteiger partial charge in [-0.2, -0.15) is 0 Å². The van der Waals surface area contributed by atoms with E-state index in [-0.39, 0.29) is 5.78 Å². The first-order valence-corrected chi connectivity index (χ1v) is 6.58. The highest BCUT2D eigenvalue weighted by Gasteiger charge is 2.24. The molecule has 0 saturated heterocycles. The number of Topliss-reactive ketones (excluding diaryl/α,β-unsaturated/α-hetero) is 1. The Morgan fingerprint density at radius 2 is 2.00 bits per heavy atom. The fourth-order valence-electron chi connectivity index (χ4n) is 1.90. The van der Waals surface area contributed by atoms with Gasteiger partial charge in [0.05, 0.1) is 6.54 Å². The number of carbonyl (C=O) groups excluding carboxylic acids is 1. The first-order valence-electron chi connectivity index (χ1n) is 6.20. The molecule has 0 amide bonds. The van der Waals surface area contributed by atoms with Crippen LogP contribution in [-0.4, -0.2) is 30.3 Å². The van der Waals surface area contributed by atoms with E-state index in [1.165, 1.54) is 12.8 Å². The molecule has 0 spiro atoms. The minimum absolute atomic E-state index is 0.184. The fraction of sp³-hybridized carbons (Fsp3) is 0.500. The molecule has 0 radical (unpaired) electrons. The van der Waals surface area contributed by atoms with Crippen molar-refractivity contribution >= 4 is 17.4 Å². The van der Waals surface area contributed by atoms with Crippen LogP contribution in [0.25, 0.3) is 0 Å². The van der Waals surface area contributed by atoms with Crippen LogP contribution in [0, 0.1) is 5.92 Å². The highest BCUT2D eigenvalue weighted by molar-refractivity contribution is 6.30. The normalized spacial score (nSPS) is 15.2. The molecule has 0 bridgehead atoms. The molecule has 2 rings (SSSR count). The average Bonchev–Trinajstić information content (AvgIpc) is 3.13. The van der Waals surface area contributed by atoms with Crippen LogP contribution in [0.4, 0.5) is 0 Å². The number of nitrogens with zero attached hydrogens (tertiary/aromatic N) is 1. The van der Waals surface area contributed by atoms with Crippen LogP contribution in [-0.2, 0) is 0 Å². The molecule has 0 aromatic heterocycles. The Hall–Kier alpha value is -0.860. The van der Waals surface area contributed by atoms with E-state index < -0.39 is 0 Å². The monoisotopic (exact) mass is 251 g/mol. The lowest BCUT2D eigenvalue weighted by Crippen LogP contribution is -2.31. The van der Waals surface area contributed by atoms with Gasteiger partial charge < -0.3 is 0 Å². The van der Waals surface area contributed by atoms with Gasteiger partial charge in [-0.3, -0.25) is 9.69 Å². The molecule has 2 nitrogen and oxygen atoms in total. The van der Waals surface area contributed by atoms with Crippen molar-refractivity contribution in [1.82, 2.24) is 4.90 Å². The van der Waals surface area contributed by atoms with Gasteiger partial charge in [-0.25, -0.2) is 0 Å². The lowest BCUT2D eigenvalue weighted by molar-refractivity contribution is 0.0931. The molecule has 1 aromatic carbocycles. The van der Waals surface area contributed by atoms with E-state index in [0.717, 1.165) is 24.6 Å². The van der Waals surface area contributed by atoms with Gasteiger partial charge in [0.15, 0.2) is 5.78 Å². The van der Waals surface area contributed by atoms with Crippen molar-refractivity contribution in [3.63, 3.8) is 0 Å². The Bertz CT molecular complexity index is 384. The maximum atomic E-state index is 12.0. The zero-order chi connectivity index (χ0) is 12.3. The highest BCUT2D eigenvalue weighted by atomic mass is 35.5. The second-order valence-electron chi connectivity index (χ2n) is 4.70. The van der Waals surface area contributed by atoms with Gasteiger partial charge >= 0.3 is 0 Å². The van der Waals surface area contributed by atoms with E-state index in [0.29, 0.717) is 11.6 Å². The first-order chi connectivity index (χ1) is 8.19. The van der Waals surface area contributed by atoms with Crippen molar-refractivity contribution in [1.29, 1.82) is 0 Å². The maximum Gasteiger partial charge on any atom is 0.176 e. The molecule has 0 heterocycles. The molecule has 0 N–H and O–H groups in total. The quantitative estimate of drug-likeness (QED) is 0.724. The van der Waals surface area contributed by atoms with Gasteiger partial charge in [-0.1, -0.05) is 18.5 Å². The molecule has 92 valence electrons. The number of hydrogen-bond acceptors (Lipinski definition) is 2. The number of hydrogen-bond donors (Lipinski definition) is 0. The van der Waals surface area contributed by atoms with E-state index in [2.05, 4.69) is 11.8 Å². The Balaban J connectivity index is 1.92. The van der Waals surface area contributed by atoms with Crippen LogP contribution in [0.2, 0.25) is 5.02 Å². The fourth-order valence-corrected chi connectivity index (χ4v) is 2.03. The standard InChI is InChI=1S/C14H18ClNO/c1-2-16(9-11-3-4-11)10-14(17)12-5-7-13(15)8-6-12/h5-8,11H,2-4,9-10H2,1H3. The van der Waals surface area contributed by atoms with Crippen molar-refractivity contribution in [2.75, 3.05) is 19.6 Å². The van der Waals surface area contributed by atoms with Gasteiger partial charge in [0.2, 0.25) is 0 Å². The van der Waals surface area contributed by atoms with Gasteiger partial charge in [0, 0.05) is 17.1 Å². The van der Waals surface area contributed by atoms with E-state index in [1.54, 1.807) is 24.3 Å². The molecule has 1 aliphatic rings. The molecule has 0 atom stereocenters. The van der Waals surface area contributed by atoms with Crippen LogP contribution in [0.3, 0.4) is 0 Å². The minimum atomic E-state index is 0.184. The summed E-state index contributed by atoms with van der Waals surface area (Å²) in [5, 5.41) is 0.673. The van der Waals surface area contributed by atoms with Crippen LogP contribution < -0.4 is 0 Å². The summed E-state index contributed by atoms with van der Waals surface area (Å²) in [4.78, 5) is 14.3. The predicted octanol–water partition coefficient (Wildman–Crippen LogP) is 3.25. The summed E-state index contributed by atoms with van der Waals surface area (Å²) in [7, 11) is 0. The Morgan fingerprint density at radius 3 is 2.53 bits per heavy atom. The average molecular weight is 252 g/mol. The van der Waals surface area contributed by atoms with Gasteiger partial charge in [0.1, 0.15) is 0 Å². The molecule has 0 aliphatic heterocycles. The highest BCUT2D eigenvalue weighted by Crippen LogP contribution is 2.29. The van der Waals surface area contributed by atoms with E-state index in [9.17, 15) is 4.79 Å². The summed E-state index contributed by atoms with van der Waals surface area (Å²) >= 11 is 5.80. The second kappa shape index (κ2) is 5.65. The molecular formula is C14H18ClNO. The molecule has 1 fully saturated rings. The molecule has 17 heavy (non-hydrogen) atoms. The van der Waals surface area contributed by atoms with Crippen LogP contribution in [0.1, 0.15) is 30.1 Å². The van der Waals surface area contributed by atoms with Crippen molar-refractivity contribution in [3.05, 3.63) is 34.9 Å². The number of likely N-dealkylation sites (N-methyl/N-ethyl adjacent to an activating group) is 1. The van der Waals surface area contributed by atoms with Crippen LogP contribution >= 0.6 is 11.6 Å². The number of ketones is 1. The van der Waals surface area contributed by atoms with Crippen LogP contribution in [0.15, 0.2) is 24.3 Å². The smallest absolute Gasteiger partial charge is 0.176 e. The van der Waals surface area contributed by atoms with Gasteiger partial charge in [-0.05, 0) is 49.6 Å². The van der Waals surface area contributed by atoms with Crippen molar-refractivity contribution in [2.45, 2.75) is 19.8 Å². The predicted molar refractivity (Wildman–Crippen MR) is 70.6 cm³/mol. The van der Waals surface area contributed by atoms with Gasteiger partial charge in [0.25, 0.3) is 0 Å². The minimum Gasteiger partial charge on any atom is -0.296 e. The third-order valence-electron chi connectivity index (χ3n) is 3.19. The summed E-state index contributed by atoms with van der Waals surface area (Å²) < 4.78 is 0. The third kappa shape index (κ3) is 3.83. The zero-order valence-corrected chi connectivity index (χ0v) is 10.9. The number of halogens is 1. The van der Waals surface area contributed by atoms with E-state index >= 15 is 0 Å². The van der Waals surface area contributed by atoms with Crippen LogP contribution in [0.5, 0.6) is 0 Å². The number of rotatable bonds is 6. The zero-order valence-electron chi connectivity index (χ0n) is 10.2. The lowest BCUT2D eigenvalue weighted by atomic mass is 10.1. The summed E-state index contributed by atoms with van der Waals surface area (Å²) in [6.07, 6.45) is 2.65. The first kappa shape index (κ1) is 12.6. The number of carbonyl (C=O) groups is 1. The Kier molecular flexibility index (Phi) is 4.19.